The minimum absolute atomic E-state index is 0.0364. The van der Waals surface area contributed by atoms with Crippen LogP contribution in [0.25, 0.3) is 0 Å². The lowest BCUT2D eigenvalue weighted by Crippen LogP contribution is -2.06. The third-order valence-electron chi connectivity index (χ3n) is 2.55. The van der Waals surface area contributed by atoms with Gasteiger partial charge >= 0.3 is 6.61 Å². The Hall–Kier alpha value is -1.95. The monoisotopic (exact) mass is 299 g/mol. The molecule has 20 heavy (non-hydrogen) atoms. The highest BCUT2D eigenvalue weighted by atomic mass is 35.5. The highest BCUT2D eigenvalue weighted by molar-refractivity contribution is 6.30. The van der Waals surface area contributed by atoms with Crippen LogP contribution < -0.4 is 10.1 Å². The van der Waals surface area contributed by atoms with Gasteiger partial charge in [0.25, 0.3) is 0 Å². The first-order valence-corrected chi connectivity index (χ1v) is 6.16. The van der Waals surface area contributed by atoms with Crippen LogP contribution >= 0.6 is 11.6 Å². The zero-order valence-corrected chi connectivity index (χ0v) is 11.6. The molecule has 0 bridgehead atoms. The number of nitrogens with zero attached hydrogens (tertiary/aromatic N) is 2. The zero-order valence-electron chi connectivity index (χ0n) is 10.8. The molecule has 0 aliphatic carbocycles. The van der Waals surface area contributed by atoms with Crippen molar-refractivity contribution in [3.8, 4) is 5.75 Å². The number of hydrogen-bond donors (Lipinski definition) is 1. The molecule has 1 aromatic heterocycles. The summed E-state index contributed by atoms with van der Waals surface area (Å²) >= 11 is 5.97. The predicted octanol–water partition coefficient (Wildman–Crippen LogP) is 4.09. The summed E-state index contributed by atoms with van der Waals surface area (Å²) in [5.74, 6) is 0.970. The van der Waals surface area contributed by atoms with Crippen LogP contribution in [0, 0.1) is 13.8 Å². The second-order valence-electron chi connectivity index (χ2n) is 4.03. The van der Waals surface area contributed by atoms with Crippen LogP contribution in [0.1, 0.15) is 11.4 Å². The Morgan fingerprint density at radius 2 is 1.90 bits per heavy atom. The molecule has 1 heterocycles. The summed E-state index contributed by atoms with van der Waals surface area (Å²) in [6.45, 7) is 0.536. The molecule has 1 aromatic carbocycles. The molecule has 0 radical (unpaired) electrons. The SMILES string of the molecule is Cc1nc(Cl)c(C)c(Nc2ccccc2OC(F)F)n1. The lowest BCUT2D eigenvalue weighted by atomic mass is 10.2. The Bertz CT molecular complexity index is 623. The molecule has 7 heteroatoms. The first-order valence-electron chi connectivity index (χ1n) is 5.79. The zero-order chi connectivity index (χ0) is 14.7. The van der Waals surface area contributed by atoms with Crippen molar-refractivity contribution in [1.29, 1.82) is 0 Å². The molecular weight excluding hydrogens is 288 g/mol. The highest BCUT2D eigenvalue weighted by Gasteiger charge is 2.12. The van der Waals surface area contributed by atoms with E-state index >= 15 is 0 Å². The summed E-state index contributed by atoms with van der Waals surface area (Å²) in [4.78, 5) is 8.21. The van der Waals surface area contributed by atoms with Crippen LogP contribution in [-0.2, 0) is 0 Å². The van der Waals surface area contributed by atoms with Crippen molar-refractivity contribution < 1.29 is 13.5 Å². The van der Waals surface area contributed by atoms with E-state index in [1.807, 2.05) is 0 Å². The number of benzene rings is 1. The molecule has 4 nitrogen and oxygen atoms in total. The number of rotatable bonds is 4. The molecule has 0 atom stereocenters. The molecule has 0 spiro atoms. The number of para-hydroxylation sites is 2. The van der Waals surface area contributed by atoms with Crippen LogP contribution in [0.5, 0.6) is 5.75 Å². The molecule has 0 aliphatic rings. The number of anilines is 2. The summed E-state index contributed by atoms with van der Waals surface area (Å²) in [5.41, 5.74) is 1.01. The summed E-state index contributed by atoms with van der Waals surface area (Å²) in [6, 6.07) is 6.36. The van der Waals surface area contributed by atoms with Gasteiger partial charge in [0.2, 0.25) is 0 Å². The van der Waals surface area contributed by atoms with E-state index in [-0.39, 0.29) is 5.75 Å². The second-order valence-corrected chi connectivity index (χ2v) is 4.39. The maximum atomic E-state index is 12.4. The molecule has 0 fully saturated rings. The van der Waals surface area contributed by atoms with Gasteiger partial charge in [-0.2, -0.15) is 8.78 Å². The summed E-state index contributed by atoms with van der Waals surface area (Å²) in [7, 11) is 0. The predicted molar refractivity (Wildman–Crippen MR) is 72.9 cm³/mol. The number of alkyl halides is 2. The van der Waals surface area contributed by atoms with E-state index in [2.05, 4.69) is 20.0 Å². The Kier molecular flexibility index (Phi) is 4.34. The quantitative estimate of drug-likeness (QED) is 0.864. The Morgan fingerprint density at radius 1 is 1.20 bits per heavy atom. The Labute approximate surface area is 119 Å². The first-order chi connectivity index (χ1) is 9.47. The van der Waals surface area contributed by atoms with E-state index in [9.17, 15) is 8.78 Å². The fraction of sp³-hybridized carbons (Fsp3) is 0.231. The van der Waals surface area contributed by atoms with Gasteiger partial charge < -0.3 is 10.1 Å². The van der Waals surface area contributed by atoms with Gasteiger partial charge in [-0.1, -0.05) is 23.7 Å². The van der Waals surface area contributed by atoms with Gasteiger partial charge in [0.05, 0.1) is 5.69 Å². The second kappa shape index (κ2) is 6.00. The molecule has 0 amide bonds. The van der Waals surface area contributed by atoms with Crippen molar-refractivity contribution in [3.05, 3.63) is 40.8 Å². The third kappa shape index (κ3) is 3.33. The number of aryl methyl sites for hydroxylation is 1. The van der Waals surface area contributed by atoms with E-state index < -0.39 is 6.61 Å². The molecular formula is C13H12ClF2N3O. The Balaban J connectivity index is 2.35. The topological polar surface area (TPSA) is 47.0 Å². The fourth-order valence-electron chi connectivity index (χ4n) is 1.61. The van der Waals surface area contributed by atoms with Crippen molar-refractivity contribution in [2.45, 2.75) is 20.5 Å². The van der Waals surface area contributed by atoms with E-state index in [0.717, 1.165) is 0 Å². The summed E-state index contributed by atoms with van der Waals surface area (Å²) in [6.07, 6.45) is 0. The molecule has 0 unspecified atom stereocenters. The minimum Gasteiger partial charge on any atom is -0.433 e. The molecule has 2 aromatic rings. The maximum Gasteiger partial charge on any atom is 0.387 e. The molecule has 0 saturated heterocycles. The van der Waals surface area contributed by atoms with Crippen molar-refractivity contribution >= 4 is 23.1 Å². The smallest absolute Gasteiger partial charge is 0.387 e. The van der Waals surface area contributed by atoms with Gasteiger partial charge in [0, 0.05) is 5.56 Å². The van der Waals surface area contributed by atoms with Gasteiger partial charge in [-0.05, 0) is 26.0 Å². The molecule has 106 valence electrons. The molecule has 0 saturated carbocycles. The minimum atomic E-state index is -2.89. The van der Waals surface area contributed by atoms with E-state index in [1.54, 1.807) is 32.0 Å². The molecule has 0 aliphatic heterocycles. The molecule has 1 N–H and O–H groups in total. The highest BCUT2D eigenvalue weighted by Crippen LogP contribution is 2.30. The summed E-state index contributed by atoms with van der Waals surface area (Å²) in [5, 5.41) is 3.25. The first kappa shape index (κ1) is 14.5. The van der Waals surface area contributed by atoms with Crippen molar-refractivity contribution in [3.63, 3.8) is 0 Å². The van der Waals surface area contributed by atoms with Crippen LogP contribution in [0.2, 0.25) is 5.15 Å². The third-order valence-corrected chi connectivity index (χ3v) is 2.92. The van der Waals surface area contributed by atoms with Crippen LogP contribution in [0.15, 0.2) is 24.3 Å². The van der Waals surface area contributed by atoms with Crippen LogP contribution in [0.4, 0.5) is 20.3 Å². The van der Waals surface area contributed by atoms with Crippen LogP contribution in [0.3, 0.4) is 0 Å². The van der Waals surface area contributed by atoms with E-state index in [1.165, 1.54) is 6.07 Å². The number of aromatic nitrogens is 2. The van der Waals surface area contributed by atoms with Gasteiger partial charge in [-0.25, -0.2) is 9.97 Å². The number of halogens is 3. The van der Waals surface area contributed by atoms with Crippen molar-refractivity contribution in [1.82, 2.24) is 9.97 Å². The number of hydrogen-bond acceptors (Lipinski definition) is 4. The number of nitrogens with one attached hydrogen (secondary N) is 1. The standard InChI is InChI=1S/C13H12ClF2N3O/c1-7-11(14)17-8(2)18-12(7)19-9-5-3-4-6-10(9)20-13(15)16/h3-6,13H,1-2H3,(H,17,18,19). The largest absolute Gasteiger partial charge is 0.433 e. The Morgan fingerprint density at radius 3 is 2.60 bits per heavy atom. The van der Waals surface area contributed by atoms with Gasteiger partial charge in [-0.3, -0.25) is 0 Å². The maximum absolute atomic E-state index is 12.4. The fourth-order valence-corrected chi connectivity index (χ4v) is 1.82. The van der Waals surface area contributed by atoms with E-state index in [0.29, 0.717) is 28.0 Å². The van der Waals surface area contributed by atoms with Crippen LogP contribution in [-0.4, -0.2) is 16.6 Å². The normalized spacial score (nSPS) is 10.7. The van der Waals surface area contributed by atoms with E-state index in [4.69, 9.17) is 11.6 Å². The lowest BCUT2D eigenvalue weighted by molar-refractivity contribution is -0.0493. The van der Waals surface area contributed by atoms with Gasteiger partial charge in [0.1, 0.15) is 22.5 Å². The van der Waals surface area contributed by atoms with Gasteiger partial charge in [0.15, 0.2) is 0 Å². The molecule has 2 rings (SSSR count). The average molecular weight is 300 g/mol. The van der Waals surface area contributed by atoms with Gasteiger partial charge in [-0.15, -0.1) is 0 Å². The summed E-state index contributed by atoms with van der Waals surface area (Å²) < 4.78 is 29.1. The number of ether oxygens (including phenoxy) is 1. The average Bonchev–Trinajstić information content (AvgIpc) is 2.37. The van der Waals surface area contributed by atoms with Crippen molar-refractivity contribution in [2.75, 3.05) is 5.32 Å². The van der Waals surface area contributed by atoms with Crippen molar-refractivity contribution in [2.24, 2.45) is 0 Å². The lowest BCUT2D eigenvalue weighted by Gasteiger charge is -2.14.